The predicted molar refractivity (Wildman–Crippen MR) is 117 cm³/mol. The Morgan fingerprint density at radius 3 is 2.76 bits per heavy atom. The van der Waals surface area contributed by atoms with E-state index in [1.165, 1.54) is 5.69 Å². The molecule has 1 aliphatic heterocycles. The van der Waals surface area contributed by atoms with Crippen LogP contribution in [-0.4, -0.2) is 63.3 Å². The summed E-state index contributed by atoms with van der Waals surface area (Å²) in [5.74, 6) is 0.791. The molecule has 1 aliphatic rings. The Kier molecular flexibility index (Phi) is 4.57. The van der Waals surface area contributed by atoms with Crippen LogP contribution in [0.5, 0.6) is 0 Å². The number of fused-ring (bicyclic) bond motifs is 1. The van der Waals surface area contributed by atoms with Gasteiger partial charge >= 0.3 is 0 Å². The minimum atomic E-state index is 0.791. The van der Waals surface area contributed by atoms with Crippen molar-refractivity contribution in [2.75, 3.05) is 38.1 Å². The van der Waals surface area contributed by atoms with Crippen LogP contribution < -0.4 is 4.90 Å². The van der Waals surface area contributed by atoms with Gasteiger partial charge in [0.2, 0.25) is 0 Å². The van der Waals surface area contributed by atoms with Crippen LogP contribution in [0.15, 0.2) is 48.9 Å². The van der Waals surface area contributed by atoms with Gasteiger partial charge in [0.25, 0.3) is 0 Å². The Labute approximate surface area is 169 Å². The highest BCUT2D eigenvalue weighted by atomic mass is 15.2. The molecule has 1 saturated heterocycles. The molecule has 7 nitrogen and oxygen atoms in total. The zero-order valence-corrected chi connectivity index (χ0v) is 16.3. The smallest absolute Gasteiger partial charge is 0.157 e. The van der Waals surface area contributed by atoms with Gasteiger partial charge < -0.3 is 14.8 Å². The number of rotatable bonds is 4. The average Bonchev–Trinajstić information content (AvgIpc) is 3.39. The van der Waals surface area contributed by atoms with Gasteiger partial charge in [-0.1, -0.05) is 18.2 Å². The summed E-state index contributed by atoms with van der Waals surface area (Å²) >= 11 is 0. The fourth-order valence-corrected chi connectivity index (χ4v) is 3.65. The number of pyridine rings is 1. The zero-order valence-electron chi connectivity index (χ0n) is 16.3. The molecule has 2 N–H and O–H groups in total. The van der Waals surface area contributed by atoms with E-state index in [9.17, 15) is 0 Å². The highest BCUT2D eigenvalue weighted by molar-refractivity contribution is 5.84. The summed E-state index contributed by atoms with van der Waals surface area (Å²) in [6.07, 6.45) is 9.46. The van der Waals surface area contributed by atoms with Gasteiger partial charge in [-0.15, -0.1) is 0 Å². The molecule has 1 fully saturated rings. The Balaban J connectivity index is 1.43. The van der Waals surface area contributed by atoms with Gasteiger partial charge in [0.1, 0.15) is 5.69 Å². The number of likely N-dealkylation sites (N-methyl/N-ethyl adjacent to an activating group) is 1. The number of nitrogens with one attached hydrogen (secondary N) is 2. The number of nitrogens with zero attached hydrogens (tertiary/aromatic N) is 5. The molecular formula is C22H23N7. The molecule has 0 spiro atoms. The fraction of sp³-hybridized carbons (Fsp3) is 0.227. The van der Waals surface area contributed by atoms with Gasteiger partial charge in [-0.2, -0.15) is 5.10 Å². The SMILES string of the molecule is CN1CCN(c2ccc3nc(-c4[nH]ncc4/C=C/c4cccnc4)[nH]c3c2)CC1. The van der Waals surface area contributed by atoms with E-state index in [1.807, 2.05) is 36.7 Å². The van der Waals surface area contributed by atoms with E-state index in [0.717, 1.165) is 59.9 Å². The quantitative estimate of drug-likeness (QED) is 0.564. The standard InChI is InChI=1S/C22H23N7/c1-28-9-11-29(12-10-28)18-6-7-19-20(13-18)26-22(25-19)21-17(15-24-27-21)5-4-16-3-2-8-23-14-16/h2-8,13-15H,9-12H2,1H3,(H,24,27)(H,25,26)/b5-4+. The maximum Gasteiger partial charge on any atom is 0.157 e. The summed E-state index contributed by atoms with van der Waals surface area (Å²) in [6.45, 7) is 4.28. The second-order valence-corrected chi connectivity index (χ2v) is 7.40. The van der Waals surface area contributed by atoms with Crippen LogP contribution in [-0.2, 0) is 0 Å². The summed E-state index contributed by atoms with van der Waals surface area (Å²) in [7, 11) is 2.17. The molecule has 0 unspecified atom stereocenters. The highest BCUT2D eigenvalue weighted by Crippen LogP contribution is 2.26. The molecule has 5 rings (SSSR count). The van der Waals surface area contributed by atoms with Crippen LogP contribution in [0.1, 0.15) is 11.1 Å². The van der Waals surface area contributed by atoms with Crippen LogP contribution in [0, 0.1) is 0 Å². The Hall–Kier alpha value is -3.45. The molecule has 4 heterocycles. The molecule has 0 saturated carbocycles. The first-order chi connectivity index (χ1) is 14.3. The molecule has 0 atom stereocenters. The van der Waals surface area contributed by atoms with Crippen LogP contribution in [0.3, 0.4) is 0 Å². The van der Waals surface area contributed by atoms with Crippen molar-refractivity contribution in [1.29, 1.82) is 0 Å². The Morgan fingerprint density at radius 2 is 1.93 bits per heavy atom. The van der Waals surface area contributed by atoms with Crippen LogP contribution in [0.25, 0.3) is 34.7 Å². The van der Waals surface area contributed by atoms with Crippen molar-refractivity contribution >= 4 is 28.9 Å². The van der Waals surface area contributed by atoms with Gasteiger partial charge in [-0.05, 0) is 36.9 Å². The minimum Gasteiger partial charge on any atom is -0.369 e. The molecule has 29 heavy (non-hydrogen) atoms. The first-order valence-corrected chi connectivity index (χ1v) is 9.81. The van der Waals surface area contributed by atoms with E-state index in [-0.39, 0.29) is 0 Å². The van der Waals surface area contributed by atoms with Gasteiger partial charge in [-0.3, -0.25) is 10.1 Å². The van der Waals surface area contributed by atoms with Crippen molar-refractivity contribution < 1.29 is 0 Å². The van der Waals surface area contributed by atoms with Crippen molar-refractivity contribution in [2.45, 2.75) is 0 Å². The molecule has 0 aliphatic carbocycles. The summed E-state index contributed by atoms with van der Waals surface area (Å²) < 4.78 is 0. The maximum atomic E-state index is 4.77. The molecular weight excluding hydrogens is 362 g/mol. The third kappa shape index (κ3) is 3.64. The number of imidazole rings is 1. The van der Waals surface area contributed by atoms with Gasteiger partial charge in [0, 0.05) is 49.8 Å². The number of piperazine rings is 1. The summed E-state index contributed by atoms with van der Waals surface area (Å²) in [4.78, 5) is 17.2. The number of H-pyrrole nitrogens is 2. The van der Waals surface area contributed by atoms with Crippen molar-refractivity contribution in [1.82, 2.24) is 30.0 Å². The van der Waals surface area contributed by atoms with Crippen molar-refractivity contribution in [3.8, 4) is 11.5 Å². The first-order valence-electron chi connectivity index (χ1n) is 9.81. The molecule has 4 aromatic rings. The number of hydrogen-bond donors (Lipinski definition) is 2. The number of aromatic amines is 2. The van der Waals surface area contributed by atoms with Crippen molar-refractivity contribution in [3.05, 3.63) is 60.0 Å². The van der Waals surface area contributed by atoms with E-state index < -0.39 is 0 Å². The molecule has 0 bridgehead atoms. The lowest BCUT2D eigenvalue weighted by atomic mass is 10.2. The van der Waals surface area contributed by atoms with Gasteiger partial charge in [-0.25, -0.2) is 4.98 Å². The third-order valence-electron chi connectivity index (χ3n) is 5.38. The van der Waals surface area contributed by atoms with Gasteiger partial charge in [0.15, 0.2) is 5.82 Å². The van der Waals surface area contributed by atoms with E-state index in [1.54, 1.807) is 6.20 Å². The molecule has 146 valence electrons. The molecule has 7 heteroatoms. The number of aromatic nitrogens is 5. The second kappa shape index (κ2) is 7.52. The third-order valence-corrected chi connectivity index (χ3v) is 5.38. The van der Waals surface area contributed by atoms with Crippen LogP contribution in [0.4, 0.5) is 5.69 Å². The van der Waals surface area contributed by atoms with E-state index >= 15 is 0 Å². The van der Waals surface area contributed by atoms with E-state index in [0.29, 0.717) is 0 Å². The number of hydrogen-bond acceptors (Lipinski definition) is 5. The molecule has 3 aromatic heterocycles. The molecule has 0 radical (unpaired) electrons. The normalized spacial score (nSPS) is 15.6. The zero-order chi connectivity index (χ0) is 19.6. The maximum absolute atomic E-state index is 4.77. The van der Waals surface area contributed by atoms with Crippen LogP contribution in [0.2, 0.25) is 0 Å². The Morgan fingerprint density at radius 1 is 1.03 bits per heavy atom. The number of anilines is 1. The Bertz CT molecular complexity index is 1130. The highest BCUT2D eigenvalue weighted by Gasteiger charge is 2.16. The van der Waals surface area contributed by atoms with E-state index in [2.05, 4.69) is 55.2 Å². The molecule has 1 aromatic carbocycles. The predicted octanol–water partition coefficient (Wildman–Crippen LogP) is 3.27. The number of benzene rings is 1. The average molecular weight is 385 g/mol. The summed E-state index contributed by atoms with van der Waals surface area (Å²) in [6, 6.07) is 10.4. The lowest BCUT2D eigenvalue weighted by Crippen LogP contribution is -2.44. The first kappa shape index (κ1) is 17.6. The van der Waals surface area contributed by atoms with Crippen molar-refractivity contribution in [2.24, 2.45) is 0 Å². The molecule has 0 amide bonds. The minimum absolute atomic E-state index is 0.791. The van der Waals surface area contributed by atoms with E-state index in [4.69, 9.17) is 4.98 Å². The summed E-state index contributed by atoms with van der Waals surface area (Å²) in [5.41, 5.74) is 6.13. The largest absolute Gasteiger partial charge is 0.369 e. The fourth-order valence-electron chi connectivity index (χ4n) is 3.65. The summed E-state index contributed by atoms with van der Waals surface area (Å²) in [5, 5.41) is 7.29. The second-order valence-electron chi connectivity index (χ2n) is 7.40. The lowest BCUT2D eigenvalue weighted by Gasteiger charge is -2.34. The monoisotopic (exact) mass is 385 g/mol. The van der Waals surface area contributed by atoms with Gasteiger partial charge in [0.05, 0.1) is 17.2 Å². The lowest BCUT2D eigenvalue weighted by molar-refractivity contribution is 0.313. The van der Waals surface area contributed by atoms with Crippen molar-refractivity contribution in [3.63, 3.8) is 0 Å². The van der Waals surface area contributed by atoms with Crippen LogP contribution >= 0.6 is 0 Å². The topological polar surface area (TPSA) is 76.7 Å².